The fourth-order valence-electron chi connectivity index (χ4n) is 3.23. The molecule has 3 heteroatoms. The molecule has 0 aromatic carbocycles. The minimum absolute atomic E-state index is 0.556. The summed E-state index contributed by atoms with van der Waals surface area (Å²) in [6.07, 6.45) is 4.24. The van der Waals surface area contributed by atoms with Crippen LogP contribution in [0.5, 0.6) is 0 Å². The SMILES string of the molecule is CC(C)CNCC1CCN(CC2(C)CCCS2)C1. The highest BCUT2D eigenvalue weighted by molar-refractivity contribution is 8.00. The predicted molar refractivity (Wildman–Crippen MR) is 82.4 cm³/mol. The van der Waals surface area contributed by atoms with E-state index < -0.39 is 0 Å². The predicted octanol–water partition coefficient (Wildman–Crippen LogP) is 2.84. The molecule has 0 spiro atoms. The number of hydrogen-bond donors (Lipinski definition) is 1. The number of nitrogens with zero attached hydrogens (tertiary/aromatic N) is 1. The lowest BCUT2D eigenvalue weighted by Crippen LogP contribution is -2.36. The first-order chi connectivity index (χ1) is 8.57. The summed E-state index contributed by atoms with van der Waals surface area (Å²) >= 11 is 2.20. The summed E-state index contributed by atoms with van der Waals surface area (Å²) in [5.41, 5.74) is 0. The van der Waals surface area contributed by atoms with Crippen molar-refractivity contribution in [2.45, 2.75) is 44.8 Å². The molecule has 1 N–H and O–H groups in total. The van der Waals surface area contributed by atoms with E-state index in [1.165, 1.54) is 57.7 Å². The first kappa shape index (κ1) is 14.7. The highest BCUT2D eigenvalue weighted by Crippen LogP contribution is 2.39. The molecule has 2 aliphatic heterocycles. The molecule has 18 heavy (non-hydrogen) atoms. The zero-order valence-corrected chi connectivity index (χ0v) is 13.2. The Morgan fingerprint density at radius 2 is 2.28 bits per heavy atom. The van der Waals surface area contributed by atoms with Crippen molar-refractivity contribution in [3.8, 4) is 0 Å². The largest absolute Gasteiger partial charge is 0.316 e. The van der Waals surface area contributed by atoms with Crippen LogP contribution in [0.2, 0.25) is 0 Å². The van der Waals surface area contributed by atoms with E-state index in [1.54, 1.807) is 0 Å². The van der Waals surface area contributed by atoms with Crippen LogP contribution in [-0.2, 0) is 0 Å². The average molecular weight is 270 g/mol. The number of hydrogen-bond acceptors (Lipinski definition) is 3. The minimum atomic E-state index is 0.556. The standard InChI is InChI=1S/C15H30N2S/c1-13(2)9-16-10-14-5-7-17(11-14)12-15(3)6-4-8-18-15/h13-14,16H,4-12H2,1-3H3. The van der Waals surface area contributed by atoms with E-state index in [0.717, 1.165) is 11.8 Å². The van der Waals surface area contributed by atoms with Gasteiger partial charge < -0.3 is 10.2 Å². The number of nitrogens with one attached hydrogen (secondary N) is 1. The summed E-state index contributed by atoms with van der Waals surface area (Å²) in [5, 5.41) is 3.62. The number of likely N-dealkylation sites (tertiary alicyclic amines) is 1. The first-order valence-corrected chi connectivity index (χ1v) is 8.63. The first-order valence-electron chi connectivity index (χ1n) is 7.64. The highest BCUT2D eigenvalue weighted by atomic mass is 32.2. The van der Waals surface area contributed by atoms with Crippen molar-refractivity contribution in [2.24, 2.45) is 11.8 Å². The van der Waals surface area contributed by atoms with Crippen LogP contribution in [0.3, 0.4) is 0 Å². The molecule has 2 unspecified atom stereocenters. The molecule has 2 rings (SSSR count). The maximum absolute atomic E-state index is 3.62. The second kappa shape index (κ2) is 6.62. The molecule has 0 aliphatic carbocycles. The molecule has 0 saturated carbocycles. The van der Waals surface area contributed by atoms with Gasteiger partial charge in [-0.25, -0.2) is 0 Å². The Balaban J connectivity index is 1.65. The summed E-state index contributed by atoms with van der Waals surface area (Å²) in [7, 11) is 0. The van der Waals surface area contributed by atoms with Crippen molar-refractivity contribution in [2.75, 3.05) is 38.5 Å². The Morgan fingerprint density at radius 3 is 2.94 bits per heavy atom. The van der Waals surface area contributed by atoms with Gasteiger partial charge in [0.25, 0.3) is 0 Å². The lowest BCUT2D eigenvalue weighted by Gasteiger charge is -2.29. The van der Waals surface area contributed by atoms with Gasteiger partial charge in [0.1, 0.15) is 0 Å². The highest BCUT2D eigenvalue weighted by Gasteiger charge is 2.33. The summed E-state index contributed by atoms with van der Waals surface area (Å²) in [4.78, 5) is 2.71. The average Bonchev–Trinajstić information content (AvgIpc) is 2.88. The van der Waals surface area contributed by atoms with Gasteiger partial charge in [-0.3, -0.25) is 0 Å². The van der Waals surface area contributed by atoms with Crippen LogP contribution < -0.4 is 5.32 Å². The molecule has 0 aromatic heterocycles. The van der Waals surface area contributed by atoms with Gasteiger partial charge in [0.05, 0.1) is 0 Å². The monoisotopic (exact) mass is 270 g/mol. The Morgan fingerprint density at radius 1 is 1.44 bits per heavy atom. The molecule has 0 amide bonds. The van der Waals surface area contributed by atoms with Crippen molar-refractivity contribution in [3.63, 3.8) is 0 Å². The van der Waals surface area contributed by atoms with Crippen LogP contribution in [0.4, 0.5) is 0 Å². The summed E-state index contributed by atoms with van der Waals surface area (Å²) in [5.74, 6) is 3.04. The van der Waals surface area contributed by atoms with Crippen LogP contribution >= 0.6 is 11.8 Å². The van der Waals surface area contributed by atoms with Gasteiger partial charge in [0.15, 0.2) is 0 Å². The summed E-state index contributed by atoms with van der Waals surface area (Å²) in [6.45, 7) is 13.4. The van der Waals surface area contributed by atoms with E-state index in [0.29, 0.717) is 4.75 Å². The van der Waals surface area contributed by atoms with Gasteiger partial charge in [-0.1, -0.05) is 13.8 Å². The van der Waals surface area contributed by atoms with Gasteiger partial charge in [-0.2, -0.15) is 11.8 Å². The maximum atomic E-state index is 3.62. The van der Waals surface area contributed by atoms with Gasteiger partial charge in [-0.05, 0) is 63.4 Å². The fourth-order valence-corrected chi connectivity index (χ4v) is 4.58. The van der Waals surface area contributed by atoms with E-state index in [4.69, 9.17) is 0 Å². The Bertz CT molecular complexity index is 249. The Hall–Kier alpha value is 0.270. The van der Waals surface area contributed by atoms with Gasteiger partial charge >= 0.3 is 0 Å². The zero-order chi connectivity index (χ0) is 13.0. The summed E-state index contributed by atoms with van der Waals surface area (Å²) in [6, 6.07) is 0. The van der Waals surface area contributed by atoms with Gasteiger partial charge in [-0.15, -0.1) is 0 Å². The van der Waals surface area contributed by atoms with Crippen LogP contribution in [0.15, 0.2) is 0 Å². The smallest absolute Gasteiger partial charge is 0.0259 e. The lowest BCUT2D eigenvalue weighted by atomic mass is 10.1. The van der Waals surface area contributed by atoms with E-state index in [1.807, 2.05) is 0 Å². The second-order valence-corrected chi connectivity index (χ2v) is 8.53. The van der Waals surface area contributed by atoms with Gasteiger partial charge in [0.2, 0.25) is 0 Å². The van der Waals surface area contributed by atoms with E-state index in [-0.39, 0.29) is 0 Å². The quantitative estimate of drug-likeness (QED) is 0.799. The van der Waals surface area contributed by atoms with Crippen molar-refractivity contribution < 1.29 is 0 Å². The van der Waals surface area contributed by atoms with Crippen LogP contribution in [0.1, 0.15) is 40.0 Å². The topological polar surface area (TPSA) is 15.3 Å². The molecule has 0 aromatic rings. The molecular weight excluding hydrogens is 240 g/mol. The Labute approximate surface area is 117 Å². The van der Waals surface area contributed by atoms with Crippen molar-refractivity contribution in [1.29, 1.82) is 0 Å². The van der Waals surface area contributed by atoms with Crippen molar-refractivity contribution >= 4 is 11.8 Å². The Kier molecular flexibility index (Phi) is 5.40. The van der Waals surface area contributed by atoms with Crippen LogP contribution in [-0.4, -0.2) is 48.1 Å². The third-order valence-electron chi connectivity index (χ3n) is 4.21. The third-order valence-corrected chi connectivity index (χ3v) is 5.74. The molecular formula is C15H30N2S. The van der Waals surface area contributed by atoms with Crippen molar-refractivity contribution in [1.82, 2.24) is 10.2 Å². The van der Waals surface area contributed by atoms with Crippen LogP contribution in [0, 0.1) is 11.8 Å². The molecule has 106 valence electrons. The molecule has 2 saturated heterocycles. The molecule has 0 bridgehead atoms. The normalized spacial score (nSPS) is 33.7. The van der Waals surface area contributed by atoms with Crippen LogP contribution in [0.25, 0.3) is 0 Å². The van der Waals surface area contributed by atoms with E-state index in [2.05, 4.69) is 42.7 Å². The third kappa shape index (κ3) is 4.43. The molecule has 2 fully saturated rings. The summed E-state index contributed by atoms with van der Waals surface area (Å²) < 4.78 is 0.556. The molecule has 2 nitrogen and oxygen atoms in total. The fraction of sp³-hybridized carbons (Fsp3) is 1.00. The molecule has 0 radical (unpaired) electrons. The van der Waals surface area contributed by atoms with E-state index >= 15 is 0 Å². The molecule has 2 atom stereocenters. The number of rotatable bonds is 6. The number of thioether (sulfide) groups is 1. The lowest BCUT2D eigenvalue weighted by molar-refractivity contribution is 0.289. The van der Waals surface area contributed by atoms with Crippen molar-refractivity contribution in [3.05, 3.63) is 0 Å². The maximum Gasteiger partial charge on any atom is 0.0259 e. The molecule has 2 heterocycles. The minimum Gasteiger partial charge on any atom is -0.316 e. The van der Waals surface area contributed by atoms with E-state index in [9.17, 15) is 0 Å². The van der Waals surface area contributed by atoms with Gasteiger partial charge in [0, 0.05) is 17.8 Å². The second-order valence-electron chi connectivity index (χ2n) is 6.84. The molecule has 2 aliphatic rings. The zero-order valence-electron chi connectivity index (χ0n) is 12.4.